The van der Waals surface area contributed by atoms with E-state index in [-0.39, 0.29) is 12.4 Å². The Hall–Kier alpha value is -4.33. The van der Waals surface area contributed by atoms with Crippen LogP contribution in [0.2, 0.25) is 0 Å². The summed E-state index contributed by atoms with van der Waals surface area (Å²) in [4.78, 5) is 37.1. The van der Waals surface area contributed by atoms with Crippen LogP contribution in [-0.2, 0) is 16.1 Å². The largest absolute Gasteiger partial charge is 0.497 e. The summed E-state index contributed by atoms with van der Waals surface area (Å²) < 4.78 is 21.3. The first-order chi connectivity index (χ1) is 16.4. The molecule has 0 aliphatic heterocycles. The number of hydrogen-bond acceptors (Lipinski definition) is 7. The predicted octanol–water partition coefficient (Wildman–Crippen LogP) is 4.48. The van der Waals surface area contributed by atoms with Crippen molar-refractivity contribution < 1.29 is 28.2 Å². The average molecular weight is 461 g/mol. The molecule has 0 saturated heterocycles. The Morgan fingerprint density at radius 2 is 1.74 bits per heavy atom. The van der Waals surface area contributed by atoms with Gasteiger partial charge >= 0.3 is 17.7 Å². The van der Waals surface area contributed by atoms with Crippen molar-refractivity contribution in [2.75, 3.05) is 7.11 Å². The van der Waals surface area contributed by atoms with Gasteiger partial charge < -0.3 is 23.9 Å². The molecule has 0 aliphatic rings. The van der Waals surface area contributed by atoms with Crippen LogP contribution in [0.15, 0.2) is 69.9 Å². The molecule has 4 aromatic rings. The molecule has 34 heavy (non-hydrogen) atoms. The molecular weight excluding hydrogens is 438 g/mol. The van der Waals surface area contributed by atoms with E-state index >= 15 is 0 Å². The van der Waals surface area contributed by atoms with Crippen LogP contribution >= 0.6 is 0 Å². The zero-order valence-corrected chi connectivity index (χ0v) is 18.9. The number of ether oxygens (including phenoxy) is 3. The fraction of sp³-hybridized carbons (Fsp3) is 0.192. The first kappa shape index (κ1) is 22.8. The number of hydrogen-bond donors (Lipinski definition) is 1. The van der Waals surface area contributed by atoms with E-state index < -0.39 is 23.7 Å². The van der Waals surface area contributed by atoms with Crippen LogP contribution in [0, 0.1) is 6.92 Å². The van der Waals surface area contributed by atoms with Gasteiger partial charge in [-0.3, -0.25) is 0 Å². The molecule has 0 saturated carbocycles. The first-order valence-electron chi connectivity index (χ1n) is 10.6. The molecule has 0 fully saturated rings. The van der Waals surface area contributed by atoms with Crippen molar-refractivity contribution in [3.05, 3.63) is 82.2 Å². The van der Waals surface area contributed by atoms with Gasteiger partial charge in [0.2, 0.25) is 0 Å². The number of fused-ring (bicyclic) bond motifs is 3. The topological polar surface area (TPSA) is 104 Å². The number of methoxy groups -OCH3 is 1. The minimum Gasteiger partial charge on any atom is -0.497 e. The van der Waals surface area contributed by atoms with Gasteiger partial charge in [-0.05, 0) is 49.7 Å². The maximum absolute atomic E-state index is 12.6. The molecule has 8 heteroatoms. The fourth-order valence-electron chi connectivity index (χ4n) is 3.53. The average Bonchev–Trinajstić information content (AvgIpc) is 2.85. The van der Waals surface area contributed by atoms with E-state index in [0.717, 1.165) is 5.56 Å². The van der Waals surface area contributed by atoms with Crippen molar-refractivity contribution in [3.8, 4) is 11.5 Å². The summed E-state index contributed by atoms with van der Waals surface area (Å²) in [6.45, 7) is 3.26. The van der Waals surface area contributed by atoms with E-state index in [0.29, 0.717) is 33.1 Å². The summed E-state index contributed by atoms with van der Waals surface area (Å²) in [6, 6.07) is 16.7. The van der Waals surface area contributed by atoms with Crippen LogP contribution in [0.1, 0.15) is 18.1 Å². The number of carbonyl (C=O) groups is 2. The van der Waals surface area contributed by atoms with E-state index in [1.807, 2.05) is 30.3 Å². The van der Waals surface area contributed by atoms with Gasteiger partial charge in [0, 0.05) is 16.3 Å². The van der Waals surface area contributed by atoms with E-state index in [4.69, 9.17) is 18.6 Å². The van der Waals surface area contributed by atoms with Gasteiger partial charge in [-0.15, -0.1) is 0 Å². The summed E-state index contributed by atoms with van der Waals surface area (Å²) in [6.07, 6.45) is -0.739. The van der Waals surface area contributed by atoms with E-state index in [1.54, 1.807) is 37.3 Å². The molecule has 4 rings (SSSR count). The molecule has 1 heterocycles. The lowest BCUT2D eigenvalue weighted by Gasteiger charge is -2.15. The van der Waals surface area contributed by atoms with E-state index in [2.05, 4.69) is 5.32 Å². The zero-order valence-electron chi connectivity index (χ0n) is 18.9. The smallest absolute Gasteiger partial charge is 0.408 e. The highest BCUT2D eigenvalue weighted by Crippen LogP contribution is 2.32. The first-order valence-corrected chi connectivity index (χ1v) is 10.6. The molecule has 3 aromatic carbocycles. The standard InChI is InChI=1S/C26H23NO7/c1-15-22(33-24(28)16(2)27-26(30)32-14-17-7-5-4-6-8-17)12-11-20-19-10-9-18(31-3)13-21(19)25(29)34-23(15)20/h4-13,16H,14H2,1-3H3,(H,27,30)/t16-/m1/s1. The highest BCUT2D eigenvalue weighted by molar-refractivity contribution is 6.06. The normalized spacial score (nSPS) is 11.7. The monoisotopic (exact) mass is 461 g/mol. The van der Waals surface area contributed by atoms with Gasteiger partial charge in [0.25, 0.3) is 0 Å². The summed E-state index contributed by atoms with van der Waals surface area (Å²) >= 11 is 0. The minimum absolute atomic E-state index is 0.0804. The second-order valence-electron chi connectivity index (χ2n) is 7.72. The van der Waals surface area contributed by atoms with Crippen molar-refractivity contribution >= 4 is 33.8 Å². The molecule has 0 aliphatic carbocycles. The Bertz CT molecular complexity index is 1430. The second kappa shape index (κ2) is 9.66. The molecule has 1 N–H and O–H groups in total. The number of carbonyl (C=O) groups excluding carboxylic acids is 2. The van der Waals surface area contributed by atoms with Crippen LogP contribution < -0.4 is 20.4 Å². The summed E-state index contributed by atoms with van der Waals surface area (Å²) in [7, 11) is 1.52. The lowest BCUT2D eigenvalue weighted by atomic mass is 10.0. The van der Waals surface area contributed by atoms with Crippen molar-refractivity contribution in [3.63, 3.8) is 0 Å². The third-order valence-electron chi connectivity index (χ3n) is 5.40. The fourth-order valence-corrected chi connectivity index (χ4v) is 3.53. The minimum atomic E-state index is -0.963. The number of nitrogens with one attached hydrogen (secondary N) is 1. The quantitative estimate of drug-likeness (QED) is 0.195. The molecule has 8 nitrogen and oxygen atoms in total. The lowest BCUT2D eigenvalue weighted by molar-refractivity contribution is -0.136. The molecule has 174 valence electrons. The number of rotatable bonds is 6. The molecular formula is C26H23NO7. The maximum Gasteiger partial charge on any atom is 0.408 e. The SMILES string of the molecule is COc1ccc2c(c1)c(=O)oc1c(C)c(OC(=O)[C@@H](C)NC(=O)OCc3ccccc3)ccc12. The Morgan fingerprint density at radius 3 is 2.47 bits per heavy atom. The Kier molecular flexibility index (Phi) is 6.49. The van der Waals surface area contributed by atoms with Crippen LogP contribution in [0.4, 0.5) is 4.79 Å². The van der Waals surface area contributed by atoms with Crippen molar-refractivity contribution in [2.24, 2.45) is 0 Å². The van der Waals surface area contributed by atoms with Gasteiger partial charge in [0.05, 0.1) is 12.5 Å². The molecule has 1 amide bonds. The Labute approximate surface area is 195 Å². The number of aryl methyl sites for hydroxylation is 1. The highest BCUT2D eigenvalue weighted by Gasteiger charge is 2.21. The van der Waals surface area contributed by atoms with Crippen molar-refractivity contribution in [1.29, 1.82) is 0 Å². The van der Waals surface area contributed by atoms with Gasteiger partial charge in [-0.2, -0.15) is 0 Å². The summed E-state index contributed by atoms with van der Waals surface area (Å²) in [5.74, 6) is 0.0806. The predicted molar refractivity (Wildman–Crippen MR) is 126 cm³/mol. The Balaban J connectivity index is 1.49. The van der Waals surface area contributed by atoms with Crippen LogP contribution in [0.5, 0.6) is 11.5 Å². The lowest BCUT2D eigenvalue weighted by Crippen LogP contribution is -2.41. The molecule has 1 aromatic heterocycles. The molecule has 0 unspecified atom stereocenters. The van der Waals surface area contributed by atoms with Gasteiger partial charge in [-0.1, -0.05) is 30.3 Å². The van der Waals surface area contributed by atoms with Gasteiger partial charge in [0.15, 0.2) is 0 Å². The number of alkyl carbamates (subject to hydrolysis) is 1. The molecule has 1 atom stereocenters. The molecule has 0 spiro atoms. The van der Waals surface area contributed by atoms with Crippen molar-refractivity contribution in [2.45, 2.75) is 26.5 Å². The summed E-state index contributed by atoms with van der Waals surface area (Å²) in [5.41, 5.74) is 1.10. The zero-order chi connectivity index (χ0) is 24.2. The highest BCUT2D eigenvalue weighted by atomic mass is 16.6. The second-order valence-corrected chi connectivity index (χ2v) is 7.72. The van der Waals surface area contributed by atoms with Crippen LogP contribution in [-0.4, -0.2) is 25.2 Å². The molecule has 0 radical (unpaired) electrons. The third-order valence-corrected chi connectivity index (χ3v) is 5.40. The van der Waals surface area contributed by atoms with Crippen molar-refractivity contribution in [1.82, 2.24) is 5.32 Å². The number of amides is 1. The maximum atomic E-state index is 12.6. The summed E-state index contributed by atoms with van der Waals surface area (Å²) in [5, 5.41) is 4.24. The Morgan fingerprint density at radius 1 is 1.00 bits per heavy atom. The van der Waals surface area contributed by atoms with E-state index in [1.165, 1.54) is 14.0 Å². The van der Waals surface area contributed by atoms with Gasteiger partial charge in [0.1, 0.15) is 29.7 Å². The van der Waals surface area contributed by atoms with E-state index in [9.17, 15) is 14.4 Å². The molecule has 0 bridgehead atoms. The van der Waals surface area contributed by atoms with Crippen LogP contribution in [0.25, 0.3) is 21.7 Å². The van der Waals surface area contributed by atoms with Crippen LogP contribution in [0.3, 0.4) is 0 Å². The number of benzene rings is 3. The third kappa shape index (κ3) is 4.71. The van der Waals surface area contributed by atoms with Gasteiger partial charge in [-0.25, -0.2) is 14.4 Å². The number of esters is 1.